The molecule has 1 fully saturated rings. The van der Waals surface area contributed by atoms with Crippen LogP contribution in [0.1, 0.15) is 41.3 Å². The Bertz CT molecular complexity index is 946. The predicted molar refractivity (Wildman–Crippen MR) is 107 cm³/mol. The Morgan fingerprint density at radius 1 is 1.07 bits per heavy atom. The van der Waals surface area contributed by atoms with Crippen LogP contribution in [0.25, 0.3) is 0 Å². The fourth-order valence-corrected chi connectivity index (χ4v) is 4.84. The molecule has 1 aliphatic heterocycles. The normalized spacial score (nSPS) is 16.3. The second-order valence-electron chi connectivity index (χ2n) is 7.39. The van der Waals surface area contributed by atoms with Crippen LogP contribution in [0.3, 0.4) is 0 Å². The molecule has 2 aromatic carbocycles. The van der Waals surface area contributed by atoms with E-state index in [0.29, 0.717) is 24.6 Å². The molecule has 3 rings (SSSR count). The van der Waals surface area contributed by atoms with Gasteiger partial charge in [0.15, 0.2) is 0 Å². The van der Waals surface area contributed by atoms with Crippen molar-refractivity contribution in [1.82, 2.24) is 4.31 Å². The molecule has 1 heterocycles. The lowest BCUT2D eigenvalue weighted by Gasteiger charge is -2.29. The molecule has 0 saturated carbocycles. The first-order valence-corrected chi connectivity index (χ1v) is 10.7. The molecule has 27 heavy (non-hydrogen) atoms. The number of nitrogens with zero attached hydrogens (tertiary/aromatic N) is 1. The van der Waals surface area contributed by atoms with E-state index in [1.54, 1.807) is 18.2 Å². The van der Waals surface area contributed by atoms with Crippen molar-refractivity contribution in [3.8, 4) is 0 Å². The number of anilines is 1. The molecule has 0 atom stereocenters. The molecule has 0 aliphatic carbocycles. The number of sulfonamides is 1. The number of carbonyl (C=O) groups is 1. The van der Waals surface area contributed by atoms with Gasteiger partial charge in [0.25, 0.3) is 5.91 Å². The predicted octanol–water partition coefficient (Wildman–Crippen LogP) is 3.98. The zero-order valence-electron chi connectivity index (χ0n) is 16.0. The number of carbonyl (C=O) groups excluding carboxylic acids is 1. The maximum atomic E-state index is 12.9. The summed E-state index contributed by atoms with van der Waals surface area (Å²) in [5.74, 6) is 0.234. The summed E-state index contributed by atoms with van der Waals surface area (Å²) in [7, 11) is -3.57. The SMILES string of the molecule is Cc1ccc(NC(=O)c2cccc(S(=O)(=O)N3CCC(C)CC3)c2)c(C)c1. The van der Waals surface area contributed by atoms with Crippen LogP contribution in [0.4, 0.5) is 5.69 Å². The molecule has 2 aromatic rings. The highest BCUT2D eigenvalue weighted by Crippen LogP contribution is 2.24. The fraction of sp³-hybridized carbons (Fsp3) is 0.381. The highest BCUT2D eigenvalue weighted by Gasteiger charge is 2.28. The van der Waals surface area contributed by atoms with Gasteiger partial charge in [-0.3, -0.25) is 4.79 Å². The van der Waals surface area contributed by atoms with E-state index in [2.05, 4.69) is 12.2 Å². The number of hydrogen-bond donors (Lipinski definition) is 1. The number of hydrogen-bond acceptors (Lipinski definition) is 3. The van der Waals surface area contributed by atoms with Gasteiger partial charge in [0.05, 0.1) is 4.90 Å². The first kappa shape index (κ1) is 19.6. The van der Waals surface area contributed by atoms with Gasteiger partial charge in [0, 0.05) is 24.3 Å². The molecule has 0 radical (unpaired) electrons. The molecule has 1 amide bonds. The van der Waals surface area contributed by atoms with Crippen LogP contribution in [-0.2, 0) is 10.0 Å². The topological polar surface area (TPSA) is 66.5 Å². The quantitative estimate of drug-likeness (QED) is 0.864. The number of piperidine rings is 1. The maximum absolute atomic E-state index is 12.9. The number of aryl methyl sites for hydroxylation is 2. The summed E-state index contributed by atoms with van der Waals surface area (Å²) in [5, 5.41) is 2.87. The van der Waals surface area contributed by atoms with Gasteiger partial charge in [-0.2, -0.15) is 4.31 Å². The lowest BCUT2D eigenvalue weighted by atomic mass is 10.0. The maximum Gasteiger partial charge on any atom is 0.255 e. The van der Waals surface area contributed by atoms with Crippen LogP contribution in [0.5, 0.6) is 0 Å². The van der Waals surface area contributed by atoms with Gasteiger partial charge < -0.3 is 5.32 Å². The van der Waals surface area contributed by atoms with Gasteiger partial charge in [-0.1, -0.05) is 30.7 Å². The Morgan fingerprint density at radius 3 is 2.44 bits per heavy atom. The summed E-state index contributed by atoms with van der Waals surface area (Å²) < 4.78 is 27.3. The molecule has 144 valence electrons. The molecule has 1 saturated heterocycles. The zero-order chi connectivity index (χ0) is 19.6. The lowest BCUT2D eigenvalue weighted by Crippen LogP contribution is -2.37. The Labute approximate surface area is 161 Å². The van der Waals surface area contributed by atoms with Crippen molar-refractivity contribution in [3.05, 3.63) is 59.2 Å². The van der Waals surface area contributed by atoms with Crippen LogP contribution >= 0.6 is 0 Å². The Balaban J connectivity index is 1.81. The van der Waals surface area contributed by atoms with E-state index in [-0.39, 0.29) is 10.8 Å². The summed E-state index contributed by atoms with van der Waals surface area (Å²) in [6.07, 6.45) is 1.73. The van der Waals surface area contributed by atoms with Gasteiger partial charge in [-0.15, -0.1) is 0 Å². The van der Waals surface area contributed by atoms with Gasteiger partial charge in [-0.25, -0.2) is 8.42 Å². The van der Waals surface area contributed by atoms with Crippen molar-refractivity contribution in [2.45, 2.75) is 38.5 Å². The van der Waals surface area contributed by atoms with E-state index in [0.717, 1.165) is 29.7 Å². The third-order valence-corrected chi connectivity index (χ3v) is 7.00. The average molecular weight is 387 g/mol. The first-order valence-electron chi connectivity index (χ1n) is 9.26. The van der Waals surface area contributed by atoms with Gasteiger partial charge in [-0.05, 0) is 62.4 Å². The van der Waals surface area contributed by atoms with Crippen molar-refractivity contribution in [1.29, 1.82) is 0 Å². The smallest absolute Gasteiger partial charge is 0.255 e. The number of amides is 1. The fourth-order valence-electron chi connectivity index (χ4n) is 3.32. The van der Waals surface area contributed by atoms with E-state index in [9.17, 15) is 13.2 Å². The van der Waals surface area contributed by atoms with E-state index in [1.807, 2.05) is 32.0 Å². The Morgan fingerprint density at radius 2 is 1.78 bits per heavy atom. The number of nitrogens with one attached hydrogen (secondary N) is 1. The molecule has 6 heteroatoms. The van der Waals surface area contributed by atoms with Crippen molar-refractivity contribution in [3.63, 3.8) is 0 Å². The van der Waals surface area contributed by atoms with E-state index in [4.69, 9.17) is 0 Å². The van der Waals surface area contributed by atoms with Crippen molar-refractivity contribution >= 4 is 21.6 Å². The van der Waals surface area contributed by atoms with E-state index in [1.165, 1.54) is 10.4 Å². The molecule has 1 N–H and O–H groups in total. The molecule has 0 unspecified atom stereocenters. The first-order chi connectivity index (χ1) is 12.8. The van der Waals surface area contributed by atoms with Crippen LogP contribution in [-0.4, -0.2) is 31.7 Å². The summed E-state index contributed by atoms with van der Waals surface area (Å²) in [6.45, 7) is 7.13. The highest BCUT2D eigenvalue weighted by atomic mass is 32.2. The zero-order valence-corrected chi connectivity index (χ0v) is 16.8. The number of rotatable bonds is 4. The van der Waals surface area contributed by atoms with Crippen LogP contribution in [0, 0.1) is 19.8 Å². The standard InChI is InChI=1S/C21H26N2O3S/c1-15-9-11-23(12-10-15)27(25,26)19-6-4-5-18(14-19)21(24)22-20-8-7-16(2)13-17(20)3/h4-8,13-15H,9-12H2,1-3H3,(H,22,24). The van der Waals surface area contributed by atoms with Crippen molar-refractivity contribution in [2.75, 3.05) is 18.4 Å². The second kappa shape index (κ2) is 7.82. The van der Waals surface area contributed by atoms with E-state index < -0.39 is 10.0 Å². The van der Waals surface area contributed by atoms with Crippen LogP contribution in [0.2, 0.25) is 0 Å². The van der Waals surface area contributed by atoms with Crippen molar-refractivity contribution in [2.24, 2.45) is 5.92 Å². The second-order valence-corrected chi connectivity index (χ2v) is 9.32. The van der Waals surface area contributed by atoms with Crippen LogP contribution < -0.4 is 5.32 Å². The van der Waals surface area contributed by atoms with E-state index >= 15 is 0 Å². The summed E-state index contributed by atoms with van der Waals surface area (Å²) >= 11 is 0. The average Bonchev–Trinajstić information content (AvgIpc) is 2.64. The van der Waals surface area contributed by atoms with Gasteiger partial charge in [0.1, 0.15) is 0 Å². The minimum absolute atomic E-state index is 0.172. The summed E-state index contributed by atoms with van der Waals surface area (Å²) in [5.41, 5.74) is 3.15. The molecular weight excluding hydrogens is 360 g/mol. The molecule has 0 aromatic heterocycles. The molecule has 0 bridgehead atoms. The molecule has 5 nitrogen and oxygen atoms in total. The number of benzene rings is 2. The minimum Gasteiger partial charge on any atom is -0.322 e. The summed E-state index contributed by atoms with van der Waals surface area (Å²) in [6, 6.07) is 12.1. The third-order valence-electron chi connectivity index (χ3n) is 5.11. The monoisotopic (exact) mass is 386 g/mol. The highest BCUT2D eigenvalue weighted by molar-refractivity contribution is 7.89. The Hall–Kier alpha value is -2.18. The molecule has 0 spiro atoms. The molecule has 1 aliphatic rings. The minimum atomic E-state index is -3.57. The van der Waals surface area contributed by atoms with Gasteiger partial charge in [0.2, 0.25) is 10.0 Å². The largest absolute Gasteiger partial charge is 0.322 e. The summed E-state index contributed by atoms with van der Waals surface area (Å²) in [4.78, 5) is 12.8. The third kappa shape index (κ3) is 4.39. The van der Waals surface area contributed by atoms with Gasteiger partial charge >= 0.3 is 0 Å². The molecular formula is C21H26N2O3S. The van der Waals surface area contributed by atoms with Crippen molar-refractivity contribution < 1.29 is 13.2 Å². The van der Waals surface area contributed by atoms with Crippen LogP contribution in [0.15, 0.2) is 47.4 Å². The lowest BCUT2D eigenvalue weighted by molar-refractivity contribution is 0.102. The Kier molecular flexibility index (Phi) is 5.67.